The number of hydrogen-bond donors (Lipinski definition) is 2. The van der Waals surface area contributed by atoms with E-state index in [1.54, 1.807) is 12.1 Å². The summed E-state index contributed by atoms with van der Waals surface area (Å²) < 4.78 is 0. The summed E-state index contributed by atoms with van der Waals surface area (Å²) in [5.74, 6) is 0.310. The summed E-state index contributed by atoms with van der Waals surface area (Å²) in [5, 5.41) is 18.5. The van der Waals surface area contributed by atoms with Crippen LogP contribution in [0.1, 0.15) is 37.7 Å². The highest BCUT2D eigenvalue weighted by Crippen LogP contribution is 2.24. The lowest BCUT2D eigenvalue weighted by Gasteiger charge is -2.34. The van der Waals surface area contributed by atoms with E-state index in [4.69, 9.17) is 0 Å². The summed E-state index contributed by atoms with van der Waals surface area (Å²) in [6.07, 6.45) is 6.46. The van der Waals surface area contributed by atoms with Gasteiger partial charge >= 0.3 is 0 Å². The summed E-state index contributed by atoms with van der Waals surface area (Å²) in [6, 6.07) is 7.99. The van der Waals surface area contributed by atoms with Crippen LogP contribution in [0.3, 0.4) is 0 Å². The molecular formula is C15H23NO2. The van der Waals surface area contributed by atoms with Gasteiger partial charge in [0.15, 0.2) is 0 Å². The summed E-state index contributed by atoms with van der Waals surface area (Å²) >= 11 is 0. The van der Waals surface area contributed by atoms with Gasteiger partial charge in [-0.15, -0.1) is 0 Å². The molecule has 0 unspecified atom stereocenters. The predicted octanol–water partition coefficient (Wildman–Crippen LogP) is 2.52. The van der Waals surface area contributed by atoms with E-state index >= 15 is 0 Å². The molecule has 0 bridgehead atoms. The fourth-order valence-corrected chi connectivity index (χ4v) is 2.80. The van der Waals surface area contributed by atoms with Gasteiger partial charge in [0.1, 0.15) is 5.75 Å². The van der Waals surface area contributed by atoms with E-state index in [0.29, 0.717) is 11.8 Å². The molecule has 18 heavy (non-hydrogen) atoms. The standard InChI is InChI=1S/C15H23NO2/c17-11-10-16(14-4-2-1-3-5-14)12-13-6-8-15(18)9-7-13/h6-9,14,17-18H,1-5,10-12H2. The van der Waals surface area contributed by atoms with Crippen LogP contribution in [0.4, 0.5) is 0 Å². The molecule has 1 aromatic rings. The zero-order valence-electron chi connectivity index (χ0n) is 10.9. The van der Waals surface area contributed by atoms with Crippen LogP contribution >= 0.6 is 0 Å². The van der Waals surface area contributed by atoms with E-state index in [-0.39, 0.29) is 6.61 Å². The van der Waals surface area contributed by atoms with Crippen molar-refractivity contribution in [2.24, 2.45) is 0 Å². The highest BCUT2D eigenvalue weighted by atomic mass is 16.3. The second-order valence-electron chi connectivity index (χ2n) is 5.15. The number of aliphatic hydroxyl groups excluding tert-OH is 1. The number of benzene rings is 1. The van der Waals surface area contributed by atoms with Crippen molar-refractivity contribution in [3.05, 3.63) is 29.8 Å². The molecule has 0 heterocycles. The van der Waals surface area contributed by atoms with Crippen molar-refractivity contribution in [1.29, 1.82) is 0 Å². The van der Waals surface area contributed by atoms with Crippen LogP contribution in [0.5, 0.6) is 5.75 Å². The maximum atomic E-state index is 9.29. The third kappa shape index (κ3) is 3.72. The van der Waals surface area contributed by atoms with Gasteiger partial charge in [-0.3, -0.25) is 4.90 Å². The molecule has 0 radical (unpaired) electrons. The van der Waals surface area contributed by atoms with Gasteiger partial charge in [-0.2, -0.15) is 0 Å². The summed E-state index contributed by atoms with van der Waals surface area (Å²) in [7, 11) is 0. The molecule has 2 N–H and O–H groups in total. The van der Waals surface area contributed by atoms with Gasteiger partial charge in [-0.1, -0.05) is 31.4 Å². The lowest BCUT2D eigenvalue weighted by Crippen LogP contribution is -2.38. The summed E-state index contributed by atoms with van der Waals surface area (Å²) in [4.78, 5) is 2.38. The first-order valence-corrected chi connectivity index (χ1v) is 6.92. The van der Waals surface area contributed by atoms with E-state index in [0.717, 1.165) is 13.1 Å². The van der Waals surface area contributed by atoms with E-state index in [2.05, 4.69) is 4.90 Å². The van der Waals surface area contributed by atoms with Crippen molar-refractivity contribution in [2.75, 3.05) is 13.2 Å². The number of hydrogen-bond acceptors (Lipinski definition) is 3. The molecule has 1 aromatic carbocycles. The number of aromatic hydroxyl groups is 1. The maximum absolute atomic E-state index is 9.29. The van der Waals surface area contributed by atoms with Crippen molar-refractivity contribution in [3.8, 4) is 5.75 Å². The smallest absolute Gasteiger partial charge is 0.115 e. The Hall–Kier alpha value is -1.06. The fraction of sp³-hybridized carbons (Fsp3) is 0.600. The van der Waals surface area contributed by atoms with Gasteiger partial charge in [-0.25, -0.2) is 0 Å². The second-order valence-corrected chi connectivity index (χ2v) is 5.15. The summed E-state index contributed by atoms with van der Waals surface area (Å²) in [6.45, 7) is 1.83. The molecule has 0 aliphatic heterocycles. The topological polar surface area (TPSA) is 43.7 Å². The Morgan fingerprint density at radius 1 is 1.06 bits per heavy atom. The molecule has 100 valence electrons. The number of rotatable bonds is 5. The van der Waals surface area contributed by atoms with Crippen LogP contribution in [0.2, 0.25) is 0 Å². The van der Waals surface area contributed by atoms with Crippen molar-refractivity contribution < 1.29 is 10.2 Å². The first-order chi connectivity index (χ1) is 8.79. The Labute approximate surface area is 109 Å². The number of nitrogens with zero attached hydrogens (tertiary/aromatic N) is 1. The van der Waals surface area contributed by atoms with E-state index < -0.39 is 0 Å². The third-order valence-corrected chi connectivity index (χ3v) is 3.80. The van der Waals surface area contributed by atoms with Crippen molar-refractivity contribution in [1.82, 2.24) is 4.90 Å². The van der Waals surface area contributed by atoms with Gasteiger partial charge in [0.2, 0.25) is 0 Å². The minimum atomic E-state index is 0.217. The van der Waals surface area contributed by atoms with Crippen LogP contribution in [-0.2, 0) is 6.54 Å². The van der Waals surface area contributed by atoms with Crippen LogP contribution in [0.15, 0.2) is 24.3 Å². The molecule has 0 atom stereocenters. The highest BCUT2D eigenvalue weighted by molar-refractivity contribution is 5.25. The molecule has 0 aromatic heterocycles. The quantitative estimate of drug-likeness (QED) is 0.842. The lowest BCUT2D eigenvalue weighted by atomic mass is 9.94. The molecular weight excluding hydrogens is 226 g/mol. The van der Waals surface area contributed by atoms with Gasteiger partial charge in [0.05, 0.1) is 6.61 Å². The average Bonchev–Trinajstić information content (AvgIpc) is 2.42. The summed E-state index contributed by atoms with van der Waals surface area (Å²) in [5.41, 5.74) is 1.20. The number of phenols is 1. The monoisotopic (exact) mass is 249 g/mol. The maximum Gasteiger partial charge on any atom is 0.115 e. The molecule has 2 rings (SSSR count). The van der Waals surface area contributed by atoms with Crippen molar-refractivity contribution in [3.63, 3.8) is 0 Å². The Morgan fingerprint density at radius 2 is 1.72 bits per heavy atom. The number of aliphatic hydroxyl groups is 1. The van der Waals surface area contributed by atoms with Gasteiger partial charge < -0.3 is 10.2 Å². The van der Waals surface area contributed by atoms with Crippen LogP contribution in [0, 0.1) is 0 Å². The van der Waals surface area contributed by atoms with Crippen LogP contribution < -0.4 is 0 Å². The zero-order chi connectivity index (χ0) is 12.8. The SMILES string of the molecule is OCCN(Cc1ccc(O)cc1)C1CCCCC1. The van der Waals surface area contributed by atoms with Gasteiger partial charge in [-0.05, 0) is 30.5 Å². The first kappa shape index (κ1) is 13.4. The largest absolute Gasteiger partial charge is 0.508 e. The fourth-order valence-electron chi connectivity index (χ4n) is 2.80. The highest BCUT2D eigenvalue weighted by Gasteiger charge is 2.20. The van der Waals surface area contributed by atoms with E-state index in [1.807, 2.05) is 12.1 Å². The average molecular weight is 249 g/mol. The Morgan fingerprint density at radius 3 is 2.33 bits per heavy atom. The van der Waals surface area contributed by atoms with E-state index in [9.17, 15) is 10.2 Å². The van der Waals surface area contributed by atoms with Gasteiger partial charge in [0, 0.05) is 19.1 Å². The molecule has 1 aliphatic rings. The van der Waals surface area contributed by atoms with Gasteiger partial charge in [0.25, 0.3) is 0 Å². The van der Waals surface area contributed by atoms with E-state index in [1.165, 1.54) is 37.7 Å². The zero-order valence-corrected chi connectivity index (χ0v) is 10.9. The molecule has 1 aliphatic carbocycles. The second kappa shape index (κ2) is 6.76. The molecule has 0 amide bonds. The Balaban J connectivity index is 1.98. The third-order valence-electron chi connectivity index (χ3n) is 3.80. The predicted molar refractivity (Wildman–Crippen MR) is 72.5 cm³/mol. The molecule has 0 saturated heterocycles. The normalized spacial score (nSPS) is 17.2. The lowest BCUT2D eigenvalue weighted by molar-refractivity contribution is 0.117. The Bertz CT molecular complexity index is 344. The molecule has 1 saturated carbocycles. The van der Waals surface area contributed by atoms with Crippen LogP contribution in [-0.4, -0.2) is 34.3 Å². The molecule has 3 heteroatoms. The molecule has 1 fully saturated rings. The molecule has 3 nitrogen and oxygen atoms in total. The minimum Gasteiger partial charge on any atom is -0.508 e. The van der Waals surface area contributed by atoms with Crippen molar-refractivity contribution >= 4 is 0 Å². The van der Waals surface area contributed by atoms with Crippen LogP contribution in [0.25, 0.3) is 0 Å². The first-order valence-electron chi connectivity index (χ1n) is 6.92. The number of phenolic OH excluding ortho intramolecular Hbond substituents is 1. The Kier molecular flexibility index (Phi) is 5.02. The van der Waals surface area contributed by atoms with Crippen molar-refractivity contribution in [2.45, 2.75) is 44.7 Å². The molecule has 0 spiro atoms. The minimum absolute atomic E-state index is 0.217.